The lowest BCUT2D eigenvalue weighted by Crippen LogP contribution is -2.16. The van der Waals surface area contributed by atoms with E-state index in [1.807, 2.05) is 24.3 Å². The van der Waals surface area contributed by atoms with Gasteiger partial charge >= 0.3 is 0 Å². The van der Waals surface area contributed by atoms with Gasteiger partial charge < -0.3 is 5.21 Å². The van der Waals surface area contributed by atoms with Crippen molar-refractivity contribution in [2.45, 2.75) is 0 Å². The van der Waals surface area contributed by atoms with Crippen LogP contribution in [0.5, 0.6) is 0 Å². The number of nitrogens with zero attached hydrogens (tertiary/aromatic N) is 1. The highest BCUT2D eigenvalue weighted by molar-refractivity contribution is 5.85. The highest BCUT2D eigenvalue weighted by atomic mass is 35.5. The maximum Gasteiger partial charge on any atom is 0.168 e. The molecule has 68 valence electrons. The van der Waals surface area contributed by atoms with E-state index in [-0.39, 0.29) is 17.9 Å². The van der Waals surface area contributed by atoms with Crippen molar-refractivity contribution >= 4 is 23.2 Å². The fraction of sp³-hybridized carbons (Fsp3) is 0. The number of hydrogen-bond donors (Lipinski definition) is 2. The predicted octanol–water partition coefficient (Wildman–Crippen LogP) is 1.78. The molecule has 1 aromatic heterocycles. The van der Waals surface area contributed by atoms with Gasteiger partial charge in [-0.1, -0.05) is 24.3 Å². The zero-order valence-corrected chi connectivity index (χ0v) is 7.58. The van der Waals surface area contributed by atoms with Crippen LogP contribution in [0.3, 0.4) is 0 Å². The van der Waals surface area contributed by atoms with Crippen molar-refractivity contribution in [3.05, 3.63) is 42.0 Å². The maximum absolute atomic E-state index is 9.15. The van der Waals surface area contributed by atoms with Crippen LogP contribution in [0.1, 0.15) is 0 Å². The summed E-state index contributed by atoms with van der Waals surface area (Å²) in [6, 6.07) is 9.25. The molecule has 0 radical (unpaired) electrons. The summed E-state index contributed by atoms with van der Waals surface area (Å²) in [6.45, 7) is 0. The second kappa shape index (κ2) is 3.49. The first kappa shape index (κ1) is 9.61. The van der Waals surface area contributed by atoms with Crippen LogP contribution in [-0.2, 0) is 0 Å². The van der Waals surface area contributed by atoms with Crippen molar-refractivity contribution in [3.8, 4) is 0 Å². The molecule has 0 fully saturated rings. The number of pyridine rings is 1. The molecule has 0 aliphatic rings. The molecule has 13 heavy (non-hydrogen) atoms. The predicted molar refractivity (Wildman–Crippen MR) is 52.2 cm³/mol. The minimum Gasteiger partial charge on any atom is -0.427 e. The van der Waals surface area contributed by atoms with Crippen molar-refractivity contribution in [2.75, 3.05) is 0 Å². The van der Waals surface area contributed by atoms with Gasteiger partial charge in [0, 0.05) is 11.6 Å². The number of benzene rings is 1. The molecule has 0 atom stereocenters. The van der Waals surface area contributed by atoms with E-state index >= 15 is 0 Å². The van der Waals surface area contributed by atoms with Crippen LogP contribution in [0.25, 0.3) is 10.8 Å². The minimum absolute atomic E-state index is 0. The van der Waals surface area contributed by atoms with Gasteiger partial charge in [0.2, 0.25) is 0 Å². The number of fused-ring (bicyclic) bond motifs is 1. The summed E-state index contributed by atoms with van der Waals surface area (Å²) in [5, 5.41) is 18.4. The third-order valence-electron chi connectivity index (χ3n) is 1.84. The molecule has 0 unspecified atom stereocenters. The maximum atomic E-state index is 9.15. The Kier molecular flexibility index (Phi) is 2.58. The Morgan fingerprint density at radius 2 is 1.85 bits per heavy atom. The molecular weight excluding hydrogens is 188 g/mol. The zero-order chi connectivity index (χ0) is 8.55. The Hall–Kier alpha value is -1.48. The lowest BCUT2D eigenvalue weighted by atomic mass is 10.2. The summed E-state index contributed by atoms with van der Waals surface area (Å²) in [4.78, 5) is 0. The van der Waals surface area contributed by atoms with Gasteiger partial charge in [-0.15, -0.1) is 12.4 Å². The van der Waals surface area contributed by atoms with Crippen molar-refractivity contribution in [3.63, 3.8) is 0 Å². The first-order valence-corrected chi connectivity index (χ1v) is 3.63. The summed E-state index contributed by atoms with van der Waals surface area (Å²) in [6.07, 6.45) is 1.46. The zero-order valence-electron chi connectivity index (χ0n) is 6.77. The van der Waals surface area contributed by atoms with Gasteiger partial charge in [0.05, 0.1) is 0 Å². The largest absolute Gasteiger partial charge is 0.427 e. The third-order valence-corrected chi connectivity index (χ3v) is 1.84. The van der Waals surface area contributed by atoms with E-state index < -0.39 is 0 Å². The van der Waals surface area contributed by atoms with Gasteiger partial charge in [-0.05, 0) is 11.5 Å². The fourth-order valence-electron chi connectivity index (χ4n) is 1.21. The highest BCUT2D eigenvalue weighted by Crippen LogP contribution is 2.06. The standard InChI is InChI=1S/C9H8N2O.ClH/c10-9-8-4-2-1-3-7(8)5-6-11(9)12;/h1-6,10,12H;1H. The topological polar surface area (TPSA) is 49.0 Å². The van der Waals surface area contributed by atoms with Crippen LogP contribution < -0.4 is 5.49 Å². The number of halogens is 1. The van der Waals surface area contributed by atoms with Gasteiger partial charge in [-0.3, -0.25) is 5.41 Å². The molecule has 0 aliphatic heterocycles. The molecule has 1 heterocycles. The number of rotatable bonds is 0. The summed E-state index contributed by atoms with van der Waals surface area (Å²) < 4.78 is 0.808. The Bertz CT molecular complexity index is 478. The second-order valence-electron chi connectivity index (χ2n) is 2.60. The molecule has 0 saturated carbocycles. The van der Waals surface area contributed by atoms with E-state index in [0.29, 0.717) is 0 Å². The van der Waals surface area contributed by atoms with Crippen molar-refractivity contribution in [1.29, 1.82) is 5.41 Å². The Labute approximate surface area is 81.1 Å². The van der Waals surface area contributed by atoms with E-state index in [4.69, 9.17) is 10.6 Å². The first-order valence-electron chi connectivity index (χ1n) is 3.63. The normalized spacial score (nSPS) is 9.54. The van der Waals surface area contributed by atoms with Gasteiger partial charge in [-0.2, -0.15) is 4.73 Å². The number of nitrogens with one attached hydrogen (secondary N) is 1. The second-order valence-corrected chi connectivity index (χ2v) is 2.60. The smallest absolute Gasteiger partial charge is 0.168 e. The number of aromatic nitrogens is 1. The number of hydrogen-bond acceptors (Lipinski definition) is 2. The van der Waals surface area contributed by atoms with Crippen LogP contribution in [0.15, 0.2) is 36.5 Å². The lowest BCUT2D eigenvalue weighted by molar-refractivity contribution is 0.172. The Morgan fingerprint density at radius 1 is 1.15 bits per heavy atom. The lowest BCUT2D eigenvalue weighted by Gasteiger charge is -2.00. The van der Waals surface area contributed by atoms with E-state index in [9.17, 15) is 0 Å². The fourth-order valence-corrected chi connectivity index (χ4v) is 1.21. The first-order chi connectivity index (χ1) is 5.79. The van der Waals surface area contributed by atoms with Gasteiger partial charge in [0.25, 0.3) is 0 Å². The van der Waals surface area contributed by atoms with E-state index in [0.717, 1.165) is 15.5 Å². The monoisotopic (exact) mass is 196 g/mol. The van der Waals surface area contributed by atoms with E-state index in [1.54, 1.807) is 6.07 Å². The van der Waals surface area contributed by atoms with Gasteiger partial charge in [-0.25, -0.2) is 0 Å². The molecule has 2 N–H and O–H groups in total. The van der Waals surface area contributed by atoms with Gasteiger partial charge in [0.15, 0.2) is 5.49 Å². The minimum atomic E-state index is 0. The summed E-state index contributed by atoms with van der Waals surface area (Å²) in [5.41, 5.74) is 0.119. The molecule has 0 amide bonds. The molecular formula is C9H9ClN2O. The molecule has 0 saturated heterocycles. The van der Waals surface area contributed by atoms with Crippen molar-refractivity contribution in [1.82, 2.24) is 4.73 Å². The Morgan fingerprint density at radius 3 is 2.62 bits per heavy atom. The van der Waals surface area contributed by atoms with Crippen molar-refractivity contribution < 1.29 is 5.21 Å². The van der Waals surface area contributed by atoms with Crippen LogP contribution in [0.4, 0.5) is 0 Å². The summed E-state index contributed by atoms with van der Waals surface area (Å²) in [5.74, 6) is 0. The molecule has 0 bridgehead atoms. The van der Waals surface area contributed by atoms with Gasteiger partial charge in [0.1, 0.15) is 0 Å². The van der Waals surface area contributed by atoms with Crippen LogP contribution in [0, 0.1) is 5.41 Å². The molecule has 4 heteroatoms. The summed E-state index contributed by atoms with van der Waals surface area (Å²) >= 11 is 0. The van der Waals surface area contributed by atoms with Crippen LogP contribution in [0.2, 0.25) is 0 Å². The Balaban J connectivity index is 0.000000845. The summed E-state index contributed by atoms with van der Waals surface area (Å²) in [7, 11) is 0. The molecule has 3 nitrogen and oxygen atoms in total. The van der Waals surface area contributed by atoms with E-state index in [2.05, 4.69) is 0 Å². The van der Waals surface area contributed by atoms with E-state index in [1.165, 1.54) is 6.20 Å². The van der Waals surface area contributed by atoms with Crippen LogP contribution in [-0.4, -0.2) is 9.94 Å². The molecule has 0 spiro atoms. The molecule has 2 rings (SSSR count). The SMILES string of the molecule is Cl.N=c1c2ccccc2ccn1O. The molecule has 2 aromatic rings. The third kappa shape index (κ3) is 1.51. The van der Waals surface area contributed by atoms with Crippen molar-refractivity contribution in [2.24, 2.45) is 0 Å². The molecule has 0 aliphatic carbocycles. The average molecular weight is 197 g/mol. The quantitative estimate of drug-likeness (QED) is 0.620. The average Bonchev–Trinajstić information content (AvgIpc) is 2.12. The molecule has 1 aromatic carbocycles. The van der Waals surface area contributed by atoms with Crippen LogP contribution >= 0.6 is 12.4 Å². The highest BCUT2D eigenvalue weighted by Gasteiger charge is 1.95.